The maximum atomic E-state index is 11.9. The first-order chi connectivity index (χ1) is 9.54. The van der Waals surface area contributed by atoms with Crippen molar-refractivity contribution in [1.82, 2.24) is 0 Å². The lowest BCUT2D eigenvalue weighted by atomic mass is 10.1. The standard InChI is InChI=1S/C17H26O3/c1-5-6-7-8-9-15(4)19-20-17(18)16-11-10-13(2)12-14(16)3/h10-12,15H,5-9H2,1-4H3. The van der Waals surface area contributed by atoms with Gasteiger partial charge in [0.05, 0.1) is 5.56 Å². The average Bonchev–Trinajstić information content (AvgIpc) is 2.41. The second-order valence-corrected chi connectivity index (χ2v) is 5.45. The molecule has 0 fully saturated rings. The van der Waals surface area contributed by atoms with Gasteiger partial charge in [0.15, 0.2) is 0 Å². The van der Waals surface area contributed by atoms with E-state index in [4.69, 9.17) is 9.78 Å². The van der Waals surface area contributed by atoms with E-state index in [0.717, 1.165) is 24.0 Å². The first-order valence-electron chi connectivity index (χ1n) is 7.49. The molecule has 1 aromatic rings. The van der Waals surface area contributed by atoms with E-state index in [1.807, 2.05) is 32.9 Å². The molecule has 1 unspecified atom stereocenters. The molecule has 0 N–H and O–H groups in total. The normalized spacial score (nSPS) is 12.2. The lowest BCUT2D eigenvalue weighted by Crippen LogP contribution is -2.14. The largest absolute Gasteiger partial charge is 0.373 e. The van der Waals surface area contributed by atoms with Crippen LogP contribution in [0.5, 0.6) is 0 Å². The van der Waals surface area contributed by atoms with Crippen LogP contribution in [0.2, 0.25) is 0 Å². The molecule has 0 saturated heterocycles. The lowest BCUT2D eigenvalue weighted by molar-refractivity contribution is -0.271. The highest BCUT2D eigenvalue weighted by molar-refractivity contribution is 5.90. The fourth-order valence-electron chi connectivity index (χ4n) is 2.12. The zero-order valence-corrected chi connectivity index (χ0v) is 13.1. The molecule has 0 bridgehead atoms. The third-order valence-corrected chi connectivity index (χ3v) is 3.35. The molecule has 0 spiro atoms. The van der Waals surface area contributed by atoms with Gasteiger partial charge >= 0.3 is 5.97 Å². The minimum atomic E-state index is -0.414. The van der Waals surface area contributed by atoms with Crippen LogP contribution in [0.1, 0.15) is 67.4 Å². The quantitative estimate of drug-likeness (QED) is 0.391. The molecule has 112 valence electrons. The summed E-state index contributed by atoms with van der Waals surface area (Å²) >= 11 is 0. The van der Waals surface area contributed by atoms with E-state index in [9.17, 15) is 4.79 Å². The van der Waals surface area contributed by atoms with Crippen LogP contribution in [0, 0.1) is 13.8 Å². The molecule has 3 nitrogen and oxygen atoms in total. The fourth-order valence-corrected chi connectivity index (χ4v) is 2.12. The summed E-state index contributed by atoms with van der Waals surface area (Å²) in [7, 11) is 0. The van der Waals surface area contributed by atoms with Gasteiger partial charge in [0.25, 0.3) is 0 Å². The molecule has 3 heteroatoms. The molecule has 0 aliphatic heterocycles. The topological polar surface area (TPSA) is 35.5 Å². The molecule has 0 saturated carbocycles. The van der Waals surface area contributed by atoms with Crippen molar-refractivity contribution >= 4 is 5.97 Å². The Balaban J connectivity index is 2.35. The summed E-state index contributed by atoms with van der Waals surface area (Å²) in [6.07, 6.45) is 5.64. The summed E-state index contributed by atoms with van der Waals surface area (Å²) in [6.45, 7) is 8.02. The zero-order valence-electron chi connectivity index (χ0n) is 13.1. The number of rotatable bonds is 8. The van der Waals surface area contributed by atoms with Crippen LogP contribution in [0.25, 0.3) is 0 Å². The molecule has 1 aromatic carbocycles. The molecular weight excluding hydrogens is 252 g/mol. The third kappa shape index (κ3) is 5.74. The van der Waals surface area contributed by atoms with E-state index in [2.05, 4.69) is 6.92 Å². The predicted molar refractivity (Wildman–Crippen MR) is 80.6 cm³/mol. The first kappa shape index (κ1) is 16.7. The summed E-state index contributed by atoms with van der Waals surface area (Å²) in [5.41, 5.74) is 2.60. The van der Waals surface area contributed by atoms with E-state index in [1.165, 1.54) is 19.3 Å². The first-order valence-corrected chi connectivity index (χ1v) is 7.49. The third-order valence-electron chi connectivity index (χ3n) is 3.35. The summed E-state index contributed by atoms with van der Waals surface area (Å²) in [5, 5.41) is 0. The van der Waals surface area contributed by atoms with E-state index < -0.39 is 5.97 Å². The van der Waals surface area contributed by atoms with Crippen molar-refractivity contribution in [3.05, 3.63) is 34.9 Å². The Morgan fingerprint density at radius 2 is 1.95 bits per heavy atom. The Labute approximate surface area is 122 Å². The molecule has 20 heavy (non-hydrogen) atoms. The van der Waals surface area contributed by atoms with Gasteiger partial charge in [-0.25, -0.2) is 4.79 Å². The zero-order chi connectivity index (χ0) is 15.0. The predicted octanol–water partition coefficient (Wildman–Crippen LogP) is 4.75. The summed E-state index contributed by atoms with van der Waals surface area (Å²) in [5.74, 6) is -0.414. The molecule has 0 aliphatic rings. The van der Waals surface area contributed by atoms with Crippen LogP contribution in [0.15, 0.2) is 18.2 Å². The molecule has 0 aliphatic carbocycles. The SMILES string of the molecule is CCCCCCC(C)OOC(=O)c1ccc(C)cc1C. The molecule has 1 rings (SSSR count). The van der Waals surface area contributed by atoms with Crippen molar-refractivity contribution in [3.63, 3.8) is 0 Å². The van der Waals surface area contributed by atoms with Gasteiger partial charge < -0.3 is 0 Å². The number of aryl methyl sites for hydroxylation is 2. The summed E-state index contributed by atoms with van der Waals surface area (Å²) in [6, 6.07) is 5.64. The Morgan fingerprint density at radius 3 is 2.60 bits per heavy atom. The van der Waals surface area contributed by atoms with Gasteiger partial charge in [0.2, 0.25) is 0 Å². The average molecular weight is 278 g/mol. The molecule has 0 radical (unpaired) electrons. The van der Waals surface area contributed by atoms with Gasteiger partial charge in [-0.2, -0.15) is 4.89 Å². The van der Waals surface area contributed by atoms with Gasteiger partial charge in [-0.15, -0.1) is 0 Å². The van der Waals surface area contributed by atoms with Crippen LogP contribution in [-0.2, 0) is 9.78 Å². The van der Waals surface area contributed by atoms with E-state index in [0.29, 0.717) is 5.56 Å². The highest BCUT2D eigenvalue weighted by Gasteiger charge is 2.13. The summed E-state index contributed by atoms with van der Waals surface area (Å²) < 4.78 is 0. The maximum absolute atomic E-state index is 11.9. The van der Waals surface area contributed by atoms with Crippen molar-refractivity contribution in [2.24, 2.45) is 0 Å². The van der Waals surface area contributed by atoms with Gasteiger partial charge in [-0.1, -0.05) is 50.3 Å². The van der Waals surface area contributed by atoms with Crippen molar-refractivity contribution in [1.29, 1.82) is 0 Å². The highest BCUT2D eigenvalue weighted by Crippen LogP contribution is 2.13. The Kier molecular flexibility index (Phi) is 7.31. The van der Waals surface area contributed by atoms with Crippen molar-refractivity contribution in [2.45, 2.75) is 65.9 Å². The van der Waals surface area contributed by atoms with Crippen LogP contribution in [0.4, 0.5) is 0 Å². The number of unbranched alkanes of at least 4 members (excludes halogenated alkanes) is 3. The second-order valence-electron chi connectivity index (χ2n) is 5.45. The Hall–Kier alpha value is -1.35. The van der Waals surface area contributed by atoms with E-state index in [-0.39, 0.29) is 6.10 Å². The molecule has 0 amide bonds. The van der Waals surface area contributed by atoms with Crippen molar-refractivity contribution in [2.75, 3.05) is 0 Å². The minimum absolute atomic E-state index is 0.0541. The summed E-state index contributed by atoms with van der Waals surface area (Å²) in [4.78, 5) is 22.0. The fraction of sp³-hybridized carbons (Fsp3) is 0.588. The van der Waals surface area contributed by atoms with Crippen LogP contribution < -0.4 is 0 Å². The molecule has 0 aromatic heterocycles. The number of benzene rings is 1. The van der Waals surface area contributed by atoms with Crippen molar-refractivity contribution < 1.29 is 14.6 Å². The second kappa shape index (κ2) is 8.75. The smallest absolute Gasteiger partial charge is 0.293 e. The van der Waals surface area contributed by atoms with Crippen molar-refractivity contribution in [3.8, 4) is 0 Å². The maximum Gasteiger partial charge on any atom is 0.373 e. The van der Waals surface area contributed by atoms with Gasteiger partial charge in [-0.05, 0) is 38.8 Å². The van der Waals surface area contributed by atoms with Crippen LogP contribution in [-0.4, -0.2) is 12.1 Å². The van der Waals surface area contributed by atoms with Crippen LogP contribution >= 0.6 is 0 Å². The number of hydrogen-bond acceptors (Lipinski definition) is 3. The van der Waals surface area contributed by atoms with Gasteiger partial charge in [-0.3, -0.25) is 4.89 Å². The molecule has 1 atom stereocenters. The minimum Gasteiger partial charge on any atom is -0.293 e. The monoisotopic (exact) mass is 278 g/mol. The van der Waals surface area contributed by atoms with E-state index in [1.54, 1.807) is 6.07 Å². The Bertz CT molecular complexity index is 426. The van der Waals surface area contributed by atoms with Gasteiger partial charge in [0.1, 0.15) is 6.10 Å². The number of carbonyl (C=O) groups is 1. The molecular formula is C17H26O3. The Morgan fingerprint density at radius 1 is 1.20 bits per heavy atom. The highest BCUT2D eigenvalue weighted by atomic mass is 17.2. The lowest BCUT2D eigenvalue weighted by Gasteiger charge is -2.12. The van der Waals surface area contributed by atoms with E-state index >= 15 is 0 Å². The number of carbonyl (C=O) groups excluding carboxylic acids is 1. The van der Waals surface area contributed by atoms with Gasteiger partial charge in [0, 0.05) is 0 Å². The molecule has 0 heterocycles. The van der Waals surface area contributed by atoms with Crippen LogP contribution in [0.3, 0.4) is 0 Å². The number of hydrogen-bond donors (Lipinski definition) is 0.